The van der Waals surface area contributed by atoms with E-state index in [0.717, 1.165) is 22.9 Å². The molecule has 2 rings (SSSR count). The van der Waals surface area contributed by atoms with Crippen LogP contribution in [0.25, 0.3) is 0 Å². The summed E-state index contributed by atoms with van der Waals surface area (Å²) in [6.45, 7) is 1.38. The molecule has 0 radical (unpaired) electrons. The molecule has 0 aliphatic heterocycles. The highest BCUT2D eigenvalue weighted by molar-refractivity contribution is 6.34. The molecule has 0 amide bonds. The molecule has 0 fully saturated rings. The summed E-state index contributed by atoms with van der Waals surface area (Å²) in [7, 11) is 5.69. The predicted octanol–water partition coefficient (Wildman–Crippen LogP) is 4.16. The fourth-order valence-electron chi connectivity index (χ4n) is 2.31. The monoisotopic (exact) mass is 304 g/mol. The molecule has 0 saturated carbocycles. The van der Waals surface area contributed by atoms with Crippen molar-refractivity contribution in [1.82, 2.24) is 0 Å². The molecule has 112 valence electrons. The number of rotatable bonds is 6. The van der Waals surface area contributed by atoms with Crippen LogP contribution in [0.1, 0.15) is 11.1 Å². The number of hydrogen-bond acceptors (Lipinski definition) is 3. The van der Waals surface area contributed by atoms with Crippen molar-refractivity contribution in [2.24, 2.45) is 0 Å². The van der Waals surface area contributed by atoms with E-state index >= 15 is 0 Å². The van der Waals surface area contributed by atoms with Gasteiger partial charge in [0.15, 0.2) is 0 Å². The molecule has 0 atom stereocenters. The number of anilines is 2. The van der Waals surface area contributed by atoms with E-state index in [1.54, 1.807) is 7.11 Å². The normalized spacial score (nSPS) is 10.5. The minimum absolute atomic E-state index is 0.633. The molecule has 0 aliphatic rings. The molecule has 21 heavy (non-hydrogen) atoms. The summed E-state index contributed by atoms with van der Waals surface area (Å²) in [6.07, 6.45) is 0. The minimum atomic E-state index is 0.633. The van der Waals surface area contributed by atoms with Crippen LogP contribution in [0.3, 0.4) is 0 Å². The summed E-state index contributed by atoms with van der Waals surface area (Å²) in [6, 6.07) is 14.3. The fraction of sp³-hybridized carbons (Fsp3) is 0.294. The molecule has 4 heteroatoms. The first-order chi connectivity index (χ1) is 10.1. The zero-order valence-corrected chi connectivity index (χ0v) is 13.4. The third kappa shape index (κ3) is 4.13. The van der Waals surface area contributed by atoms with Crippen molar-refractivity contribution in [2.75, 3.05) is 31.4 Å². The first-order valence-corrected chi connectivity index (χ1v) is 7.26. The molecule has 0 aliphatic carbocycles. The third-order valence-corrected chi connectivity index (χ3v) is 3.52. The maximum Gasteiger partial charge on any atom is 0.0786 e. The maximum absolute atomic E-state index is 6.27. The van der Waals surface area contributed by atoms with E-state index in [-0.39, 0.29) is 0 Å². The molecule has 1 N–H and O–H groups in total. The second-order valence-electron chi connectivity index (χ2n) is 5.14. The number of hydrogen-bond donors (Lipinski definition) is 1. The first-order valence-electron chi connectivity index (χ1n) is 6.88. The quantitative estimate of drug-likeness (QED) is 0.867. The van der Waals surface area contributed by atoms with Gasteiger partial charge in [0, 0.05) is 27.7 Å². The molecule has 0 aromatic heterocycles. The fourth-order valence-corrected chi connectivity index (χ4v) is 2.65. The largest absolute Gasteiger partial charge is 0.380 e. The molecule has 0 saturated heterocycles. The van der Waals surface area contributed by atoms with E-state index in [0.29, 0.717) is 6.61 Å². The van der Waals surface area contributed by atoms with Crippen LogP contribution in [0.15, 0.2) is 42.5 Å². The molecule has 0 heterocycles. The summed E-state index contributed by atoms with van der Waals surface area (Å²) in [5.41, 5.74) is 4.43. The van der Waals surface area contributed by atoms with Crippen LogP contribution < -0.4 is 10.2 Å². The van der Waals surface area contributed by atoms with E-state index in [9.17, 15) is 0 Å². The standard InChI is InChI=1S/C17H21ClN2O/c1-20(2)17-15(18)8-5-9-16(17)19-11-13-6-4-7-14(10-13)12-21-3/h4-10,19H,11-12H2,1-3H3. The molecule has 2 aromatic carbocycles. The Morgan fingerprint density at radius 2 is 1.81 bits per heavy atom. The Bertz CT molecular complexity index is 599. The molecule has 3 nitrogen and oxygen atoms in total. The van der Waals surface area contributed by atoms with E-state index in [1.807, 2.05) is 37.2 Å². The highest BCUT2D eigenvalue weighted by Crippen LogP contribution is 2.32. The van der Waals surface area contributed by atoms with E-state index in [4.69, 9.17) is 16.3 Å². The minimum Gasteiger partial charge on any atom is -0.380 e. The lowest BCUT2D eigenvalue weighted by atomic mass is 10.1. The van der Waals surface area contributed by atoms with Crippen molar-refractivity contribution >= 4 is 23.0 Å². The van der Waals surface area contributed by atoms with Gasteiger partial charge in [0.05, 0.1) is 23.0 Å². The second kappa shape index (κ2) is 7.34. The molecule has 2 aromatic rings. The zero-order valence-electron chi connectivity index (χ0n) is 12.7. The molecular weight excluding hydrogens is 284 g/mol. The predicted molar refractivity (Wildman–Crippen MR) is 90.3 cm³/mol. The van der Waals surface area contributed by atoms with Gasteiger partial charge in [0.25, 0.3) is 0 Å². The lowest BCUT2D eigenvalue weighted by molar-refractivity contribution is 0.185. The van der Waals surface area contributed by atoms with Crippen LogP contribution in [0.5, 0.6) is 0 Å². The Morgan fingerprint density at radius 1 is 1.10 bits per heavy atom. The average Bonchev–Trinajstić information content (AvgIpc) is 2.45. The lowest BCUT2D eigenvalue weighted by Crippen LogP contribution is -2.12. The van der Waals surface area contributed by atoms with Gasteiger partial charge in [-0.25, -0.2) is 0 Å². The highest BCUT2D eigenvalue weighted by Gasteiger charge is 2.08. The SMILES string of the molecule is COCc1cccc(CNc2cccc(Cl)c2N(C)C)c1. The number of halogens is 1. The molecule has 0 bridgehead atoms. The van der Waals surface area contributed by atoms with Crippen LogP contribution in [0.4, 0.5) is 11.4 Å². The second-order valence-corrected chi connectivity index (χ2v) is 5.54. The van der Waals surface area contributed by atoms with Crippen molar-refractivity contribution in [3.8, 4) is 0 Å². The molecular formula is C17H21ClN2O. The third-order valence-electron chi connectivity index (χ3n) is 3.22. The van der Waals surface area contributed by atoms with Gasteiger partial charge in [-0.15, -0.1) is 0 Å². The van der Waals surface area contributed by atoms with Crippen molar-refractivity contribution in [1.29, 1.82) is 0 Å². The lowest BCUT2D eigenvalue weighted by Gasteiger charge is -2.20. The van der Waals surface area contributed by atoms with Gasteiger partial charge in [-0.3, -0.25) is 0 Å². The Hall–Kier alpha value is -1.71. The van der Waals surface area contributed by atoms with Gasteiger partial charge in [-0.1, -0.05) is 41.9 Å². The van der Waals surface area contributed by atoms with E-state index < -0.39 is 0 Å². The van der Waals surface area contributed by atoms with Gasteiger partial charge in [0.2, 0.25) is 0 Å². The smallest absolute Gasteiger partial charge is 0.0786 e. The van der Waals surface area contributed by atoms with Crippen LogP contribution >= 0.6 is 11.6 Å². The Kier molecular flexibility index (Phi) is 5.48. The average molecular weight is 305 g/mol. The molecule has 0 unspecified atom stereocenters. The van der Waals surface area contributed by atoms with Gasteiger partial charge in [-0.05, 0) is 23.3 Å². The topological polar surface area (TPSA) is 24.5 Å². The Balaban J connectivity index is 2.13. The Labute approximate surface area is 131 Å². The van der Waals surface area contributed by atoms with E-state index in [2.05, 4.69) is 29.6 Å². The summed E-state index contributed by atoms with van der Waals surface area (Å²) < 4.78 is 5.17. The van der Waals surface area contributed by atoms with Crippen LogP contribution in [-0.2, 0) is 17.9 Å². The van der Waals surface area contributed by atoms with Gasteiger partial charge in [0.1, 0.15) is 0 Å². The summed E-state index contributed by atoms with van der Waals surface area (Å²) >= 11 is 6.27. The summed E-state index contributed by atoms with van der Waals surface area (Å²) in [5.74, 6) is 0. The summed E-state index contributed by atoms with van der Waals surface area (Å²) in [4.78, 5) is 2.02. The number of methoxy groups -OCH3 is 1. The highest BCUT2D eigenvalue weighted by atomic mass is 35.5. The van der Waals surface area contributed by atoms with Crippen LogP contribution in [0, 0.1) is 0 Å². The van der Waals surface area contributed by atoms with Crippen LogP contribution in [-0.4, -0.2) is 21.2 Å². The summed E-state index contributed by atoms with van der Waals surface area (Å²) in [5, 5.41) is 4.20. The Morgan fingerprint density at radius 3 is 2.52 bits per heavy atom. The van der Waals surface area contributed by atoms with Crippen LogP contribution in [0.2, 0.25) is 5.02 Å². The number of para-hydroxylation sites is 1. The number of nitrogens with one attached hydrogen (secondary N) is 1. The zero-order chi connectivity index (χ0) is 15.2. The number of ether oxygens (including phenoxy) is 1. The van der Waals surface area contributed by atoms with Gasteiger partial charge < -0.3 is 15.0 Å². The van der Waals surface area contributed by atoms with Gasteiger partial charge in [-0.2, -0.15) is 0 Å². The maximum atomic E-state index is 6.27. The van der Waals surface area contributed by atoms with Gasteiger partial charge >= 0.3 is 0 Å². The van der Waals surface area contributed by atoms with E-state index in [1.165, 1.54) is 11.1 Å². The van der Waals surface area contributed by atoms with Crippen molar-refractivity contribution in [3.63, 3.8) is 0 Å². The first kappa shape index (κ1) is 15.7. The van der Waals surface area contributed by atoms with Crippen molar-refractivity contribution in [3.05, 3.63) is 58.6 Å². The van der Waals surface area contributed by atoms with Crippen molar-refractivity contribution < 1.29 is 4.74 Å². The molecule has 0 spiro atoms. The number of nitrogens with zero attached hydrogens (tertiary/aromatic N) is 1. The number of benzene rings is 2. The van der Waals surface area contributed by atoms with Crippen molar-refractivity contribution in [2.45, 2.75) is 13.2 Å².